The van der Waals surface area contributed by atoms with Gasteiger partial charge in [-0.3, -0.25) is 9.97 Å². The molecule has 190 valence electrons. The second-order valence-electron chi connectivity index (χ2n) is 10.4. The van der Waals surface area contributed by atoms with Gasteiger partial charge in [-0.15, -0.1) is 4.73 Å². The van der Waals surface area contributed by atoms with E-state index in [-0.39, 0.29) is 0 Å². The summed E-state index contributed by atoms with van der Waals surface area (Å²) in [6.45, 7) is 7.31. The zero-order chi connectivity index (χ0) is 26.1. The normalized spacial score (nSPS) is 12.0. The number of hydrogen-bond donors (Lipinski definition) is 0. The van der Waals surface area contributed by atoms with Crippen LogP contribution in [-0.2, 0) is 9.93 Å². The average molecular weight is 522 g/mol. The van der Waals surface area contributed by atoms with Crippen LogP contribution in [0.1, 0.15) is 0 Å². The molecule has 0 radical (unpaired) electrons. The van der Waals surface area contributed by atoms with Crippen molar-refractivity contribution in [2.75, 3.05) is 6.61 Å². The number of aromatic nitrogens is 5. The summed E-state index contributed by atoms with van der Waals surface area (Å²) in [6, 6.07) is 21.0. The van der Waals surface area contributed by atoms with Crippen molar-refractivity contribution in [3.8, 4) is 22.5 Å². The Balaban J connectivity index is 1.39. The molecule has 4 heterocycles. The molecule has 0 spiro atoms. The Morgan fingerprint density at radius 1 is 0.816 bits per heavy atom. The van der Waals surface area contributed by atoms with Gasteiger partial charge in [-0.2, -0.15) is 4.89 Å². The van der Waals surface area contributed by atoms with Gasteiger partial charge in [0.05, 0.1) is 23.8 Å². The summed E-state index contributed by atoms with van der Waals surface area (Å²) in [5.74, 6) is 0.570. The van der Waals surface area contributed by atoms with E-state index in [0.717, 1.165) is 49.9 Å². The number of nitrogens with zero attached hydrogens (tertiary/aromatic N) is 5. The largest absolute Gasteiger partial charge is 0.256 e. The van der Waals surface area contributed by atoms with Gasteiger partial charge < -0.3 is 0 Å². The molecule has 0 fully saturated rings. The van der Waals surface area contributed by atoms with E-state index in [2.05, 4.69) is 35.7 Å². The van der Waals surface area contributed by atoms with E-state index in [4.69, 9.17) is 24.9 Å². The minimum Gasteiger partial charge on any atom is -0.256 e. The lowest BCUT2D eigenvalue weighted by Gasteiger charge is -2.14. The number of hydrogen-bond acceptors (Lipinski definition) is 7. The van der Waals surface area contributed by atoms with Crippen molar-refractivity contribution in [3.05, 3.63) is 85.5 Å². The van der Waals surface area contributed by atoms with Crippen LogP contribution in [0.4, 0.5) is 0 Å². The lowest BCUT2D eigenvalue weighted by Crippen LogP contribution is -2.22. The molecule has 4 aromatic heterocycles. The van der Waals surface area contributed by atoms with Gasteiger partial charge in [0.1, 0.15) is 0 Å². The molecule has 6 rings (SSSR count). The minimum atomic E-state index is -1.25. The fraction of sp³-hybridized carbons (Fsp3) is 0.172. The topological polar surface area (TPSA) is 84.2 Å². The highest BCUT2D eigenvalue weighted by atomic mass is 28.3. The summed E-state index contributed by atoms with van der Waals surface area (Å²) in [5.41, 5.74) is 5.19. The first-order chi connectivity index (χ1) is 18.4. The third kappa shape index (κ3) is 4.99. The zero-order valence-corrected chi connectivity index (χ0v) is 22.5. The Kier molecular flexibility index (Phi) is 6.32. The van der Waals surface area contributed by atoms with Gasteiger partial charge in [0.25, 0.3) is 0 Å². The lowest BCUT2D eigenvalue weighted by molar-refractivity contribution is -0.505. The molecule has 0 aliphatic carbocycles. The first kappa shape index (κ1) is 24.2. The van der Waals surface area contributed by atoms with Crippen LogP contribution in [0.2, 0.25) is 25.7 Å². The monoisotopic (exact) mass is 521 g/mol. The molecule has 0 amide bonds. The van der Waals surface area contributed by atoms with E-state index in [1.165, 1.54) is 4.73 Å². The second kappa shape index (κ2) is 9.94. The Morgan fingerprint density at radius 2 is 1.50 bits per heavy atom. The maximum atomic E-state index is 5.58. The lowest BCUT2D eigenvalue weighted by atomic mass is 10.0. The first-order valence-corrected chi connectivity index (χ1v) is 16.2. The molecule has 0 atom stereocenters. The third-order valence-corrected chi connectivity index (χ3v) is 8.09. The predicted molar refractivity (Wildman–Crippen MR) is 151 cm³/mol. The number of fused-ring (bicyclic) bond motifs is 3. The van der Waals surface area contributed by atoms with Crippen LogP contribution >= 0.6 is 0 Å². The molecule has 0 unspecified atom stereocenters. The summed E-state index contributed by atoms with van der Waals surface area (Å²) in [7, 11) is -1.25. The Morgan fingerprint density at radius 3 is 2.21 bits per heavy atom. The standard InChI is InChI=1S/C29H27N5O3Si/c1-38(2,3)15-14-35-37-36-34-19-25(20-8-10-26-21(16-20)6-4-12-30-26)24-18-32-28(33-29(24)34)23-9-11-27-22(17-23)7-5-13-31-27/h4-13,16-19H,14-15H2,1-3H3. The van der Waals surface area contributed by atoms with E-state index in [1.54, 1.807) is 12.4 Å². The van der Waals surface area contributed by atoms with Crippen LogP contribution in [-0.4, -0.2) is 39.3 Å². The molecule has 0 aliphatic rings. The maximum Gasteiger partial charge on any atom is 0.183 e. The summed E-state index contributed by atoms with van der Waals surface area (Å²) in [6.07, 6.45) is 7.23. The molecule has 0 saturated carbocycles. The van der Waals surface area contributed by atoms with Crippen LogP contribution in [0.5, 0.6) is 0 Å². The van der Waals surface area contributed by atoms with Gasteiger partial charge in [0.15, 0.2) is 11.5 Å². The fourth-order valence-corrected chi connectivity index (χ4v) is 4.99. The molecule has 6 aromatic rings. The smallest absolute Gasteiger partial charge is 0.183 e. The van der Waals surface area contributed by atoms with Gasteiger partial charge in [-0.05, 0) is 54.1 Å². The van der Waals surface area contributed by atoms with Crippen molar-refractivity contribution in [1.29, 1.82) is 0 Å². The van der Waals surface area contributed by atoms with Crippen molar-refractivity contribution in [3.63, 3.8) is 0 Å². The number of rotatable bonds is 8. The second-order valence-corrected chi connectivity index (χ2v) is 16.0. The maximum absolute atomic E-state index is 5.58. The van der Waals surface area contributed by atoms with E-state index >= 15 is 0 Å². The van der Waals surface area contributed by atoms with Crippen molar-refractivity contribution in [1.82, 2.24) is 24.7 Å². The zero-order valence-electron chi connectivity index (χ0n) is 21.5. The van der Waals surface area contributed by atoms with Gasteiger partial charge >= 0.3 is 0 Å². The van der Waals surface area contributed by atoms with Crippen LogP contribution in [0.3, 0.4) is 0 Å². The SMILES string of the molecule is C[Si](C)(C)CCOOOn1cc(-c2ccc3ncccc3c2)c2cnc(-c3ccc4ncccc4c3)nc21. The molecule has 0 bridgehead atoms. The predicted octanol–water partition coefficient (Wildman–Crippen LogP) is 6.49. The Hall–Kier alpha value is -4.18. The fourth-order valence-electron chi connectivity index (χ4n) is 4.30. The minimum absolute atomic E-state index is 0.463. The van der Waals surface area contributed by atoms with Gasteiger partial charge in [0, 0.05) is 59.0 Å². The molecular formula is C29H27N5O3Si. The summed E-state index contributed by atoms with van der Waals surface area (Å²) >= 11 is 0. The molecular weight excluding hydrogens is 494 g/mol. The van der Waals surface area contributed by atoms with Crippen LogP contribution in [0.15, 0.2) is 85.5 Å². The molecule has 2 aromatic carbocycles. The highest BCUT2D eigenvalue weighted by Gasteiger charge is 2.17. The number of benzene rings is 2. The van der Waals surface area contributed by atoms with Crippen LogP contribution in [0.25, 0.3) is 55.4 Å². The molecule has 9 heteroatoms. The number of pyridine rings is 2. The Labute approximate surface area is 220 Å². The van der Waals surface area contributed by atoms with Gasteiger partial charge in [0.2, 0.25) is 0 Å². The van der Waals surface area contributed by atoms with E-state index in [0.29, 0.717) is 18.1 Å². The van der Waals surface area contributed by atoms with E-state index < -0.39 is 8.07 Å². The van der Waals surface area contributed by atoms with E-state index in [9.17, 15) is 0 Å². The quantitative estimate of drug-likeness (QED) is 0.0979. The average Bonchev–Trinajstić information content (AvgIpc) is 3.29. The molecule has 38 heavy (non-hydrogen) atoms. The summed E-state index contributed by atoms with van der Waals surface area (Å²) < 4.78 is 1.49. The summed E-state index contributed by atoms with van der Waals surface area (Å²) in [4.78, 5) is 29.3. The molecule has 0 saturated heterocycles. The van der Waals surface area contributed by atoms with Gasteiger partial charge in [-0.25, -0.2) is 15.0 Å². The third-order valence-electron chi connectivity index (χ3n) is 6.38. The van der Waals surface area contributed by atoms with Gasteiger partial charge in [-0.1, -0.05) is 37.8 Å². The molecule has 8 nitrogen and oxygen atoms in total. The molecule has 0 aliphatic heterocycles. The van der Waals surface area contributed by atoms with Crippen molar-refractivity contribution in [2.45, 2.75) is 25.7 Å². The highest BCUT2D eigenvalue weighted by Crippen LogP contribution is 2.32. The molecule has 0 N–H and O–H groups in total. The van der Waals surface area contributed by atoms with Crippen molar-refractivity contribution in [2.24, 2.45) is 0 Å². The summed E-state index contributed by atoms with van der Waals surface area (Å²) in [5, 5.41) is 8.04. The highest BCUT2D eigenvalue weighted by molar-refractivity contribution is 6.76. The van der Waals surface area contributed by atoms with Crippen LogP contribution in [0, 0.1) is 0 Å². The Bertz CT molecular complexity index is 1760. The first-order valence-electron chi connectivity index (χ1n) is 12.5. The van der Waals surface area contributed by atoms with Crippen molar-refractivity contribution >= 4 is 40.9 Å². The van der Waals surface area contributed by atoms with E-state index in [1.807, 2.05) is 67.0 Å². The van der Waals surface area contributed by atoms with Crippen LogP contribution < -0.4 is 4.99 Å². The van der Waals surface area contributed by atoms with Crippen molar-refractivity contribution < 1.29 is 14.9 Å².